The van der Waals surface area contributed by atoms with E-state index in [1.807, 2.05) is 36.4 Å². The van der Waals surface area contributed by atoms with Gasteiger partial charge in [-0.25, -0.2) is 9.78 Å². The van der Waals surface area contributed by atoms with Crippen molar-refractivity contribution in [3.05, 3.63) is 60.6 Å². The lowest BCUT2D eigenvalue weighted by molar-refractivity contribution is 0.0525. The number of aromatic nitrogens is 4. The first kappa shape index (κ1) is 23.8. The summed E-state index contributed by atoms with van der Waals surface area (Å²) in [4.78, 5) is 34.6. The van der Waals surface area contributed by atoms with Crippen LogP contribution < -0.4 is 5.32 Å². The van der Waals surface area contributed by atoms with E-state index in [-0.39, 0.29) is 17.9 Å². The number of H-pyrrole nitrogens is 2. The normalized spacial score (nSPS) is 13.7. The van der Waals surface area contributed by atoms with Crippen molar-refractivity contribution in [1.29, 1.82) is 0 Å². The van der Waals surface area contributed by atoms with Crippen LogP contribution in [0.15, 0.2) is 59.4 Å². The average Bonchev–Trinajstić information content (AvgIpc) is 3.66. The molecule has 0 radical (unpaired) electrons. The van der Waals surface area contributed by atoms with Crippen LogP contribution >= 0.6 is 0 Å². The van der Waals surface area contributed by atoms with Gasteiger partial charge in [-0.05, 0) is 48.4 Å². The molecule has 6 rings (SSSR count). The molecule has 0 unspecified atom stereocenters. The van der Waals surface area contributed by atoms with Crippen molar-refractivity contribution < 1.29 is 18.7 Å². The van der Waals surface area contributed by atoms with Gasteiger partial charge in [0.15, 0.2) is 5.82 Å². The Kier molecular flexibility index (Phi) is 6.28. The second kappa shape index (κ2) is 10.0. The van der Waals surface area contributed by atoms with E-state index in [1.54, 1.807) is 23.5 Å². The van der Waals surface area contributed by atoms with Crippen molar-refractivity contribution in [1.82, 2.24) is 30.4 Å². The van der Waals surface area contributed by atoms with E-state index in [1.165, 1.54) is 0 Å². The number of fused-ring (bicyclic) bond motifs is 2. The monoisotopic (exact) mass is 512 g/mol. The molecule has 5 aromatic rings. The van der Waals surface area contributed by atoms with Crippen LogP contribution in [0.5, 0.6) is 0 Å². The average molecular weight is 513 g/mol. The number of amides is 2. The lowest BCUT2D eigenvalue weighted by Crippen LogP contribution is -2.54. The van der Waals surface area contributed by atoms with Gasteiger partial charge in [-0.15, -0.1) is 0 Å². The first-order chi connectivity index (χ1) is 18.6. The van der Waals surface area contributed by atoms with Gasteiger partial charge in [0.05, 0.1) is 35.7 Å². The zero-order chi connectivity index (χ0) is 26.1. The van der Waals surface area contributed by atoms with Crippen LogP contribution in [-0.2, 0) is 4.74 Å². The van der Waals surface area contributed by atoms with E-state index in [0.29, 0.717) is 43.3 Å². The van der Waals surface area contributed by atoms with Gasteiger partial charge in [-0.1, -0.05) is 19.4 Å². The second-order valence-corrected chi connectivity index (χ2v) is 9.61. The summed E-state index contributed by atoms with van der Waals surface area (Å²) in [6.45, 7) is 4.18. The van der Waals surface area contributed by atoms with E-state index < -0.39 is 0 Å². The minimum absolute atomic E-state index is 0.169. The predicted molar refractivity (Wildman–Crippen MR) is 143 cm³/mol. The number of aromatic amines is 2. The van der Waals surface area contributed by atoms with Gasteiger partial charge in [0.2, 0.25) is 0 Å². The molecule has 1 saturated heterocycles. The highest BCUT2D eigenvalue weighted by molar-refractivity contribution is 6.01. The molecule has 0 spiro atoms. The number of furan rings is 1. The Morgan fingerprint density at radius 1 is 1.13 bits per heavy atom. The molecule has 0 atom stereocenters. The summed E-state index contributed by atoms with van der Waals surface area (Å²) >= 11 is 0. The first-order valence-electron chi connectivity index (χ1n) is 12.8. The Labute approximate surface area is 218 Å². The predicted octanol–water partition coefficient (Wildman–Crippen LogP) is 4.96. The molecule has 194 valence electrons. The van der Waals surface area contributed by atoms with Crippen LogP contribution in [0.25, 0.3) is 44.6 Å². The summed E-state index contributed by atoms with van der Waals surface area (Å²) in [5.41, 5.74) is 5.71. The van der Waals surface area contributed by atoms with E-state index in [2.05, 4.69) is 27.4 Å². The van der Waals surface area contributed by atoms with Gasteiger partial charge < -0.3 is 24.4 Å². The van der Waals surface area contributed by atoms with Gasteiger partial charge in [0.1, 0.15) is 5.69 Å². The molecule has 0 bridgehead atoms. The number of ether oxygens (including phenoxy) is 1. The Morgan fingerprint density at radius 3 is 2.84 bits per heavy atom. The first-order valence-corrected chi connectivity index (χ1v) is 12.8. The molecule has 1 fully saturated rings. The lowest BCUT2D eigenvalue weighted by atomic mass is 10.0. The van der Waals surface area contributed by atoms with E-state index in [4.69, 9.17) is 14.1 Å². The Bertz CT molecular complexity index is 1600. The summed E-state index contributed by atoms with van der Waals surface area (Å²) in [6.07, 6.45) is 4.93. The van der Waals surface area contributed by atoms with Crippen LogP contribution in [0, 0.1) is 5.92 Å². The molecule has 2 aromatic carbocycles. The fourth-order valence-electron chi connectivity index (χ4n) is 4.65. The Morgan fingerprint density at radius 2 is 2.03 bits per heavy atom. The minimum atomic E-state index is -0.276. The van der Waals surface area contributed by atoms with E-state index in [0.717, 1.165) is 45.9 Å². The lowest BCUT2D eigenvalue weighted by Gasteiger charge is -2.38. The van der Waals surface area contributed by atoms with Gasteiger partial charge in [0, 0.05) is 42.1 Å². The largest absolute Gasteiger partial charge is 0.472 e. The number of hydrogen-bond acceptors (Lipinski definition) is 6. The molecule has 2 amide bonds. The number of nitrogens with one attached hydrogen (secondary N) is 3. The van der Waals surface area contributed by atoms with Gasteiger partial charge >= 0.3 is 6.09 Å². The third-order valence-electron chi connectivity index (χ3n) is 6.88. The molecule has 38 heavy (non-hydrogen) atoms. The molecule has 1 aliphatic rings. The number of carbonyl (C=O) groups excluding carboxylic acids is 2. The maximum Gasteiger partial charge on any atom is 0.409 e. The summed E-state index contributed by atoms with van der Waals surface area (Å²) in [6, 6.07) is 13.3. The highest BCUT2D eigenvalue weighted by Crippen LogP contribution is 2.29. The van der Waals surface area contributed by atoms with Gasteiger partial charge in [0.25, 0.3) is 5.91 Å². The van der Waals surface area contributed by atoms with E-state index >= 15 is 0 Å². The van der Waals surface area contributed by atoms with Gasteiger partial charge in [-0.2, -0.15) is 5.10 Å². The zero-order valence-corrected chi connectivity index (χ0v) is 21.0. The third kappa shape index (κ3) is 4.60. The topological polar surface area (TPSA) is 129 Å². The summed E-state index contributed by atoms with van der Waals surface area (Å²) < 4.78 is 10.4. The Hall–Kier alpha value is -4.60. The number of benzene rings is 2. The van der Waals surface area contributed by atoms with Crippen LogP contribution in [0.1, 0.15) is 30.1 Å². The highest BCUT2D eigenvalue weighted by Gasteiger charge is 2.31. The number of rotatable bonds is 8. The van der Waals surface area contributed by atoms with Crippen LogP contribution in [0.2, 0.25) is 0 Å². The quantitative estimate of drug-likeness (QED) is 0.252. The summed E-state index contributed by atoms with van der Waals surface area (Å²) in [5, 5.41) is 11.3. The van der Waals surface area contributed by atoms with Crippen LogP contribution in [-0.4, -0.2) is 63.3 Å². The van der Waals surface area contributed by atoms with Gasteiger partial charge in [-0.3, -0.25) is 9.89 Å². The number of unbranched alkanes of at least 4 members (excludes halogenated alkanes) is 1. The van der Waals surface area contributed by atoms with E-state index in [9.17, 15) is 9.59 Å². The summed E-state index contributed by atoms with van der Waals surface area (Å²) in [7, 11) is 0. The maximum absolute atomic E-state index is 12.9. The van der Waals surface area contributed by atoms with Crippen molar-refractivity contribution in [2.24, 2.45) is 5.92 Å². The molecular formula is C28H28N6O4. The molecule has 3 N–H and O–H groups in total. The molecule has 3 aromatic heterocycles. The fourth-order valence-corrected chi connectivity index (χ4v) is 4.65. The molecule has 10 nitrogen and oxygen atoms in total. The van der Waals surface area contributed by atoms with Crippen molar-refractivity contribution in [3.8, 4) is 22.6 Å². The second-order valence-electron chi connectivity index (χ2n) is 9.61. The van der Waals surface area contributed by atoms with Crippen molar-refractivity contribution in [3.63, 3.8) is 0 Å². The number of hydrogen-bond donors (Lipinski definition) is 3. The molecule has 4 heterocycles. The summed E-state index contributed by atoms with van der Waals surface area (Å²) in [5.74, 6) is 0.666. The zero-order valence-electron chi connectivity index (χ0n) is 21.0. The van der Waals surface area contributed by atoms with Crippen molar-refractivity contribution >= 4 is 33.9 Å². The standard InChI is InChI=1S/C28H28N6O4/c1-2-3-9-38-28(36)34-14-17(15-34)13-29-27(35)19-5-6-22-21(11-19)25(33-32-22)26-30-23-7-4-18(12-24(23)31-26)20-8-10-37-16-20/h4-8,10-12,16-17H,2-3,9,13-15H2,1H3,(H,29,35)(H,30,31)(H,32,33). The number of imidazole rings is 1. The number of nitrogens with zero attached hydrogens (tertiary/aromatic N) is 3. The maximum atomic E-state index is 12.9. The van der Waals surface area contributed by atoms with Crippen LogP contribution in [0.4, 0.5) is 4.79 Å². The number of carbonyl (C=O) groups is 2. The molecule has 0 aliphatic carbocycles. The number of likely N-dealkylation sites (tertiary alicyclic amines) is 1. The van der Waals surface area contributed by atoms with Crippen molar-refractivity contribution in [2.75, 3.05) is 26.2 Å². The molecule has 1 aliphatic heterocycles. The fraction of sp³-hybridized carbons (Fsp3) is 0.286. The highest BCUT2D eigenvalue weighted by atomic mass is 16.6. The van der Waals surface area contributed by atoms with Crippen molar-refractivity contribution in [2.45, 2.75) is 19.8 Å². The molecule has 0 saturated carbocycles. The molecule has 10 heteroatoms. The third-order valence-corrected chi connectivity index (χ3v) is 6.88. The van der Waals surface area contributed by atoms with Crippen LogP contribution in [0.3, 0.4) is 0 Å². The smallest absolute Gasteiger partial charge is 0.409 e. The minimum Gasteiger partial charge on any atom is -0.472 e. The SMILES string of the molecule is CCCCOC(=O)N1CC(CNC(=O)c2ccc3[nH]nc(-c4nc5ccc(-c6ccoc6)cc5[nH]4)c3c2)C1. The Balaban J connectivity index is 1.13. The molecular weight excluding hydrogens is 484 g/mol.